The van der Waals surface area contributed by atoms with Crippen LogP contribution in [-0.4, -0.2) is 18.2 Å². The Morgan fingerprint density at radius 2 is 2.00 bits per heavy atom. The summed E-state index contributed by atoms with van der Waals surface area (Å²) in [7, 11) is 1.37. The number of benzene rings is 2. The van der Waals surface area contributed by atoms with Gasteiger partial charge in [0.25, 0.3) is 0 Å². The van der Waals surface area contributed by atoms with Gasteiger partial charge >= 0.3 is 5.97 Å². The minimum absolute atomic E-state index is 0.0526. The molecule has 0 aromatic heterocycles. The molecule has 2 N–H and O–H groups in total. The molecule has 0 radical (unpaired) electrons. The lowest BCUT2D eigenvalue weighted by Crippen LogP contribution is -2.12. The standard InChI is InChI=1S/C17H19NO3/c1-11-7-8-16(15(9-11)17(20)21-3)18-12(2)13-5-4-6-14(19)10-13/h4-10,12,18-19H,1-3H3. The van der Waals surface area contributed by atoms with Crippen LogP contribution in [0.15, 0.2) is 42.5 Å². The quantitative estimate of drug-likeness (QED) is 0.842. The number of carbonyl (C=O) groups is 1. The second-order valence-electron chi connectivity index (χ2n) is 5.00. The zero-order valence-electron chi connectivity index (χ0n) is 12.4. The minimum Gasteiger partial charge on any atom is -0.508 e. The molecule has 2 aromatic rings. The molecule has 110 valence electrons. The van der Waals surface area contributed by atoms with Gasteiger partial charge in [-0.2, -0.15) is 0 Å². The van der Waals surface area contributed by atoms with Crippen molar-refractivity contribution in [1.29, 1.82) is 0 Å². The van der Waals surface area contributed by atoms with Crippen molar-refractivity contribution in [2.75, 3.05) is 12.4 Å². The highest BCUT2D eigenvalue weighted by atomic mass is 16.5. The van der Waals surface area contributed by atoms with Crippen molar-refractivity contribution in [3.63, 3.8) is 0 Å². The summed E-state index contributed by atoms with van der Waals surface area (Å²) in [5.74, 6) is -0.150. The molecule has 0 heterocycles. The van der Waals surface area contributed by atoms with Gasteiger partial charge in [0.05, 0.1) is 12.7 Å². The molecule has 0 saturated carbocycles. The fraction of sp³-hybridized carbons (Fsp3) is 0.235. The topological polar surface area (TPSA) is 58.6 Å². The molecule has 2 rings (SSSR count). The lowest BCUT2D eigenvalue weighted by molar-refractivity contribution is 0.0601. The number of phenols is 1. The predicted octanol–water partition coefficient (Wildman–Crippen LogP) is 3.66. The highest BCUT2D eigenvalue weighted by Crippen LogP contribution is 2.25. The molecule has 21 heavy (non-hydrogen) atoms. The number of phenolic OH excluding ortho intramolecular Hbond substituents is 1. The first-order valence-corrected chi connectivity index (χ1v) is 6.75. The molecule has 0 aliphatic heterocycles. The fourth-order valence-corrected chi connectivity index (χ4v) is 2.17. The Morgan fingerprint density at radius 3 is 2.67 bits per heavy atom. The van der Waals surface area contributed by atoms with E-state index in [1.165, 1.54) is 7.11 Å². The van der Waals surface area contributed by atoms with Crippen molar-refractivity contribution in [2.24, 2.45) is 0 Å². The number of aryl methyl sites for hydroxylation is 1. The number of aromatic hydroxyl groups is 1. The molecule has 0 aliphatic carbocycles. The Labute approximate surface area is 124 Å². The highest BCUT2D eigenvalue weighted by molar-refractivity contribution is 5.95. The van der Waals surface area contributed by atoms with Gasteiger partial charge in [-0.15, -0.1) is 0 Å². The average Bonchev–Trinajstić information content (AvgIpc) is 2.48. The number of hydrogen-bond acceptors (Lipinski definition) is 4. The van der Waals surface area contributed by atoms with Crippen molar-refractivity contribution in [3.05, 3.63) is 59.2 Å². The van der Waals surface area contributed by atoms with Crippen LogP contribution < -0.4 is 5.32 Å². The van der Waals surface area contributed by atoms with E-state index in [0.29, 0.717) is 11.3 Å². The van der Waals surface area contributed by atoms with Crippen LogP contribution >= 0.6 is 0 Å². The lowest BCUT2D eigenvalue weighted by Gasteiger charge is -2.18. The summed E-state index contributed by atoms with van der Waals surface area (Å²) in [5, 5.41) is 12.8. The molecule has 0 spiro atoms. The van der Waals surface area contributed by atoms with Crippen molar-refractivity contribution in [3.8, 4) is 5.75 Å². The van der Waals surface area contributed by atoms with Gasteiger partial charge in [0.1, 0.15) is 5.75 Å². The zero-order valence-corrected chi connectivity index (χ0v) is 12.4. The summed E-state index contributed by atoms with van der Waals surface area (Å²) in [5.41, 5.74) is 3.14. The number of ether oxygens (including phenoxy) is 1. The van der Waals surface area contributed by atoms with Gasteiger partial charge in [-0.25, -0.2) is 4.79 Å². The number of rotatable bonds is 4. The number of anilines is 1. The first kappa shape index (κ1) is 14.9. The van der Waals surface area contributed by atoms with Gasteiger partial charge in [-0.3, -0.25) is 0 Å². The Balaban J connectivity index is 2.28. The van der Waals surface area contributed by atoms with Gasteiger partial charge in [-0.1, -0.05) is 23.8 Å². The third-order valence-electron chi connectivity index (χ3n) is 3.32. The first-order chi connectivity index (χ1) is 10.0. The normalized spacial score (nSPS) is 11.8. The number of hydrogen-bond donors (Lipinski definition) is 2. The van der Waals surface area contributed by atoms with Crippen LogP contribution in [-0.2, 0) is 4.74 Å². The molecular formula is C17H19NO3. The van der Waals surface area contributed by atoms with Crippen LogP contribution in [0.1, 0.15) is 34.5 Å². The van der Waals surface area contributed by atoms with E-state index in [1.807, 2.05) is 32.0 Å². The van der Waals surface area contributed by atoms with Crippen LogP contribution in [0.5, 0.6) is 5.75 Å². The molecule has 1 atom stereocenters. The maximum atomic E-state index is 11.9. The molecule has 0 amide bonds. The fourth-order valence-electron chi connectivity index (χ4n) is 2.17. The first-order valence-electron chi connectivity index (χ1n) is 6.75. The van der Waals surface area contributed by atoms with Gasteiger partial charge in [0.15, 0.2) is 0 Å². The Bertz CT molecular complexity index is 652. The van der Waals surface area contributed by atoms with E-state index in [0.717, 1.165) is 11.1 Å². The van der Waals surface area contributed by atoms with E-state index >= 15 is 0 Å². The molecule has 2 aromatic carbocycles. The average molecular weight is 285 g/mol. The second-order valence-corrected chi connectivity index (χ2v) is 5.00. The van der Waals surface area contributed by atoms with Crippen LogP contribution in [0.2, 0.25) is 0 Å². The largest absolute Gasteiger partial charge is 0.508 e. The van der Waals surface area contributed by atoms with Gasteiger partial charge < -0.3 is 15.2 Å². The molecule has 0 bridgehead atoms. The minimum atomic E-state index is -0.371. The summed E-state index contributed by atoms with van der Waals surface area (Å²) >= 11 is 0. The molecule has 0 fully saturated rings. The lowest BCUT2D eigenvalue weighted by atomic mass is 10.1. The van der Waals surface area contributed by atoms with E-state index in [9.17, 15) is 9.90 Å². The van der Waals surface area contributed by atoms with Crippen LogP contribution in [0.4, 0.5) is 5.69 Å². The maximum Gasteiger partial charge on any atom is 0.339 e. The Kier molecular flexibility index (Phi) is 4.48. The van der Waals surface area contributed by atoms with E-state index in [-0.39, 0.29) is 17.8 Å². The molecule has 4 heteroatoms. The third kappa shape index (κ3) is 3.54. The van der Waals surface area contributed by atoms with E-state index in [4.69, 9.17) is 4.74 Å². The summed E-state index contributed by atoms with van der Waals surface area (Å²) in [6.45, 7) is 3.89. The SMILES string of the molecule is COC(=O)c1cc(C)ccc1NC(C)c1cccc(O)c1. The molecule has 0 aliphatic rings. The molecule has 4 nitrogen and oxygen atoms in total. The van der Waals surface area contributed by atoms with E-state index in [1.54, 1.807) is 24.3 Å². The van der Waals surface area contributed by atoms with E-state index in [2.05, 4.69) is 5.32 Å². The summed E-state index contributed by atoms with van der Waals surface area (Å²) in [6, 6.07) is 12.6. The smallest absolute Gasteiger partial charge is 0.339 e. The van der Waals surface area contributed by atoms with Crippen molar-refractivity contribution >= 4 is 11.7 Å². The van der Waals surface area contributed by atoms with Crippen molar-refractivity contribution in [1.82, 2.24) is 0 Å². The van der Waals surface area contributed by atoms with Crippen LogP contribution in [0, 0.1) is 6.92 Å². The van der Waals surface area contributed by atoms with E-state index < -0.39 is 0 Å². The summed E-state index contributed by atoms with van der Waals surface area (Å²) < 4.78 is 4.82. The molecular weight excluding hydrogens is 266 g/mol. The number of nitrogens with one attached hydrogen (secondary N) is 1. The third-order valence-corrected chi connectivity index (χ3v) is 3.32. The zero-order chi connectivity index (χ0) is 15.4. The number of methoxy groups -OCH3 is 1. The van der Waals surface area contributed by atoms with Gasteiger partial charge in [0, 0.05) is 11.7 Å². The van der Waals surface area contributed by atoms with Gasteiger partial charge in [0.2, 0.25) is 0 Å². The predicted molar refractivity (Wildman–Crippen MR) is 82.7 cm³/mol. The van der Waals surface area contributed by atoms with Crippen LogP contribution in [0.25, 0.3) is 0 Å². The van der Waals surface area contributed by atoms with Crippen molar-refractivity contribution in [2.45, 2.75) is 19.9 Å². The highest BCUT2D eigenvalue weighted by Gasteiger charge is 2.14. The Hall–Kier alpha value is -2.49. The summed E-state index contributed by atoms with van der Waals surface area (Å²) in [6.07, 6.45) is 0. The van der Waals surface area contributed by atoms with Crippen molar-refractivity contribution < 1.29 is 14.6 Å². The summed E-state index contributed by atoms with van der Waals surface area (Å²) in [4.78, 5) is 11.9. The molecule has 1 unspecified atom stereocenters. The van der Waals surface area contributed by atoms with Gasteiger partial charge in [-0.05, 0) is 43.7 Å². The maximum absolute atomic E-state index is 11.9. The monoisotopic (exact) mass is 285 g/mol. The number of esters is 1. The molecule has 0 saturated heterocycles. The number of carbonyl (C=O) groups excluding carboxylic acids is 1. The Morgan fingerprint density at radius 1 is 1.24 bits per heavy atom. The van der Waals surface area contributed by atoms with Crippen LogP contribution in [0.3, 0.4) is 0 Å². The second kappa shape index (κ2) is 6.31.